The molecule has 0 bridgehead atoms. The monoisotopic (exact) mass is 449 g/mol. The molecule has 1 aliphatic heterocycles. The third-order valence-corrected chi connectivity index (χ3v) is 9.36. The lowest BCUT2D eigenvalue weighted by Gasteiger charge is -2.18. The van der Waals surface area contributed by atoms with Gasteiger partial charge in [-0.05, 0) is 56.1 Å². The molecule has 0 aliphatic carbocycles. The highest BCUT2D eigenvalue weighted by atomic mass is 28.4. The van der Waals surface area contributed by atoms with E-state index < -0.39 is 8.32 Å². The van der Waals surface area contributed by atoms with Crippen LogP contribution in [0, 0.1) is 6.92 Å². The van der Waals surface area contributed by atoms with Crippen molar-refractivity contribution < 1.29 is 4.80 Å². The molecule has 10 heteroatoms. The number of rotatable bonds is 3. The third kappa shape index (κ3) is 3.69. The third-order valence-electron chi connectivity index (χ3n) is 6.56. The summed E-state index contributed by atoms with van der Waals surface area (Å²) >= 11 is 0. The second kappa shape index (κ2) is 7.79. The molecule has 9 nitrogen and oxygen atoms in total. The maximum absolute atomic E-state index is 13.1. The molecule has 1 aliphatic rings. The van der Waals surface area contributed by atoms with E-state index in [1.807, 2.05) is 25.6 Å². The molecule has 0 radical (unpaired) electrons. The van der Waals surface area contributed by atoms with Crippen LogP contribution in [-0.2, 0) is 7.05 Å². The molecule has 4 heterocycles. The molecule has 4 aromatic rings. The van der Waals surface area contributed by atoms with Gasteiger partial charge in [-0.2, -0.15) is 4.98 Å². The van der Waals surface area contributed by atoms with E-state index in [0.29, 0.717) is 17.1 Å². The topological polar surface area (TPSA) is 111 Å². The Bertz CT molecular complexity index is 1380. The Hall–Kier alpha value is -3.11. The van der Waals surface area contributed by atoms with Crippen molar-refractivity contribution in [2.24, 2.45) is 7.05 Å². The Labute approximate surface area is 186 Å². The number of nitrogens with zero attached hydrogens (tertiary/aromatic N) is 6. The van der Waals surface area contributed by atoms with Crippen LogP contribution in [0.2, 0.25) is 18.6 Å². The van der Waals surface area contributed by atoms with Gasteiger partial charge in [-0.25, -0.2) is 19.7 Å². The predicted molar refractivity (Wildman–Crippen MR) is 127 cm³/mol. The predicted octanol–water partition coefficient (Wildman–Crippen LogP) is 3.42. The van der Waals surface area contributed by atoms with Crippen molar-refractivity contribution in [3.05, 3.63) is 46.9 Å². The highest BCUT2D eigenvalue weighted by Crippen LogP contribution is 2.33. The van der Waals surface area contributed by atoms with E-state index >= 15 is 0 Å². The fourth-order valence-electron chi connectivity index (χ4n) is 4.64. The maximum Gasteiger partial charge on any atom is 0.330 e. The van der Waals surface area contributed by atoms with E-state index in [0.717, 1.165) is 53.5 Å². The lowest BCUT2D eigenvalue weighted by Crippen LogP contribution is -2.29. The summed E-state index contributed by atoms with van der Waals surface area (Å²) in [6.07, 6.45) is 7.62. The van der Waals surface area contributed by atoms with Gasteiger partial charge in [0.25, 0.3) is 0 Å². The maximum atomic E-state index is 13.1. The number of aromatic nitrogens is 6. The molecule has 166 valence electrons. The van der Waals surface area contributed by atoms with Gasteiger partial charge in [0.15, 0.2) is 14.0 Å². The summed E-state index contributed by atoms with van der Waals surface area (Å²) in [7, 11) is -0.405. The summed E-state index contributed by atoms with van der Waals surface area (Å²) in [6.45, 7) is 4.02. The first-order valence-corrected chi connectivity index (χ1v) is 13.8. The smallest absolute Gasteiger partial charge is 0.330 e. The molecule has 32 heavy (non-hydrogen) atoms. The summed E-state index contributed by atoms with van der Waals surface area (Å²) < 4.78 is 3.41. The van der Waals surface area contributed by atoms with Crippen molar-refractivity contribution in [1.82, 2.24) is 29.1 Å². The zero-order chi connectivity index (χ0) is 22.5. The molecule has 0 saturated carbocycles. The number of hydrogen-bond acceptors (Lipinski definition) is 7. The number of imidazole rings is 1. The second-order valence-electron chi connectivity index (χ2n) is 9.07. The second-order valence-corrected chi connectivity index (χ2v) is 13.1. The highest BCUT2D eigenvalue weighted by Gasteiger charge is 2.31. The molecule has 2 unspecified atom stereocenters. The van der Waals surface area contributed by atoms with E-state index in [4.69, 9.17) is 4.98 Å². The van der Waals surface area contributed by atoms with Crippen molar-refractivity contribution in [3.8, 4) is 0 Å². The first-order chi connectivity index (χ1) is 15.3. The lowest BCUT2D eigenvalue weighted by molar-refractivity contribution is 0.446. The first-order valence-electron chi connectivity index (χ1n) is 11.0. The molecular weight excluding hydrogens is 422 g/mol. The summed E-state index contributed by atoms with van der Waals surface area (Å²) in [5, 5.41) is 4.23. The van der Waals surface area contributed by atoms with Crippen molar-refractivity contribution in [2.45, 2.75) is 50.9 Å². The molecule has 1 saturated heterocycles. The Morgan fingerprint density at radius 3 is 2.88 bits per heavy atom. The van der Waals surface area contributed by atoms with Gasteiger partial charge in [-0.3, -0.25) is 9.13 Å². The van der Waals surface area contributed by atoms with Gasteiger partial charge in [-0.15, -0.1) is 0 Å². The van der Waals surface area contributed by atoms with Gasteiger partial charge in [0, 0.05) is 30.4 Å². The average molecular weight is 450 g/mol. The van der Waals surface area contributed by atoms with E-state index in [1.165, 1.54) is 6.33 Å². The minimum Gasteiger partial charge on any atom is -0.432 e. The largest absolute Gasteiger partial charge is 0.432 e. The van der Waals surface area contributed by atoms with E-state index in [-0.39, 0.29) is 11.7 Å². The highest BCUT2D eigenvalue weighted by molar-refractivity contribution is 6.71. The van der Waals surface area contributed by atoms with Crippen LogP contribution in [0.15, 0.2) is 35.6 Å². The van der Waals surface area contributed by atoms with Gasteiger partial charge < -0.3 is 10.1 Å². The fraction of sp³-hybridized carbons (Fsp3) is 0.409. The van der Waals surface area contributed by atoms with Crippen LogP contribution < -0.4 is 11.0 Å². The normalized spacial score (nSPS) is 21.7. The van der Waals surface area contributed by atoms with Crippen LogP contribution in [-0.4, -0.2) is 42.2 Å². The average Bonchev–Trinajstić information content (AvgIpc) is 2.88. The number of benzene rings is 1. The molecule has 2 atom stereocenters. The van der Waals surface area contributed by atoms with Crippen molar-refractivity contribution >= 4 is 42.0 Å². The molecule has 0 spiro atoms. The summed E-state index contributed by atoms with van der Waals surface area (Å²) in [5.41, 5.74) is 4.01. The number of aryl methyl sites for hydroxylation is 2. The van der Waals surface area contributed by atoms with Crippen molar-refractivity contribution in [1.29, 1.82) is 0 Å². The summed E-state index contributed by atoms with van der Waals surface area (Å²) in [6, 6.07) is 5.70. The van der Waals surface area contributed by atoms with Crippen LogP contribution in [0.4, 0.5) is 11.6 Å². The quantitative estimate of drug-likeness (QED) is 0.461. The van der Waals surface area contributed by atoms with Crippen molar-refractivity contribution in [3.63, 3.8) is 0 Å². The van der Waals surface area contributed by atoms with Gasteiger partial charge in [0.2, 0.25) is 5.95 Å². The lowest BCUT2D eigenvalue weighted by atomic mass is 10.1. The van der Waals surface area contributed by atoms with E-state index in [9.17, 15) is 9.59 Å². The Balaban J connectivity index is 1.55. The van der Waals surface area contributed by atoms with E-state index in [2.05, 4.69) is 20.3 Å². The van der Waals surface area contributed by atoms with Crippen LogP contribution in [0.1, 0.15) is 30.9 Å². The number of nitrogens with one attached hydrogen (secondary N) is 1. The van der Waals surface area contributed by atoms with Crippen LogP contribution in [0.25, 0.3) is 22.1 Å². The number of fused-ring (bicyclic) bond motifs is 2. The summed E-state index contributed by atoms with van der Waals surface area (Å²) in [5.74, 6) is 0.436. The number of hydrogen-bond donors (Lipinski definition) is 2. The minimum atomic E-state index is -2.16. The number of anilines is 2. The summed E-state index contributed by atoms with van der Waals surface area (Å²) in [4.78, 5) is 41.3. The van der Waals surface area contributed by atoms with Crippen molar-refractivity contribution in [2.75, 3.05) is 5.32 Å². The molecule has 0 amide bonds. The van der Waals surface area contributed by atoms with Crippen LogP contribution in [0.5, 0.6) is 0 Å². The first kappa shape index (κ1) is 20.8. The Morgan fingerprint density at radius 2 is 2.03 bits per heavy atom. The molecule has 5 rings (SSSR count). The van der Waals surface area contributed by atoms with Gasteiger partial charge in [-0.1, -0.05) is 6.42 Å². The molecular formula is C22H27N7O2Si. The van der Waals surface area contributed by atoms with E-state index in [1.54, 1.807) is 28.6 Å². The minimum absolute atomic E-state index is 0.0370. The molecule has 2 N–H and O–H groups in total. The Kier molecular flexibility index (Phi) is 5.05. The molecule has 1 fully saturated rings. The SMILES string of the molecule is Cc1cc2ncncc2cc1Nc1ncc2c(n1)n(C1CCC[Si](C)(O)CC1)c(=O)n2C. The zero-order valence-electron chi connectivity index (χ0n) is 18.5. The standard InChI is InChI=1S/C22H27N7O2Si/c1-14-9-18-15(11-23-13-25-18)10-17(14)26-21-24-12-19-20(27-21)29(22(30)28(19)2)16-5-4-7-32(3,31)8-6-16/h9-13,16,31H,4-8H2,1-3H3,(H,24,26,27). The molecule has 1 aromatic carbocycles. The zero-order valence-corrected chi connectivity index (χ0v) is 19.5. The van der Waals surface area contributed by atoms with Gasteiger partial charge in [0.05, 0.1) is 11.7 Å². The van der Waals surface area contributed by atoms with Crippen LogP contribution in [0.3, 0.4) is 0 Å². The van der Waals surface area contributed by atoms with Crippen LogP contribution >= 0.6 is 0 Å². The van der Waals surface area contributed by atoms with Gasteiger partial charge in [0.1, 0.15) is 11.8 Å². The van der Waals surface area contributed by atoms with Gasteiger partial charge >= 0.3 is 5.69 Å². The fourth-order valence-corrected chi connectivity index (χ4v) is 6.81. The Morgan fingerprint density at radius 1 is 1.19 bits per heavy atom. The molecule has 3 aromatic heterocycles.